The molecule has 2 aromatic rings. The van der Waals surface area contributed by atoms with E-state index in [1.807, 2.05) is 0 Å². The number of rotatable bonds is 2. The molecular weight excluding hydrogens is 211 g/mol. The highest BCUT2D eigenvalue weighted by molar-refractivity contribution is 5.59. The molecule has 0 unspecified atom stereocenters. The van der Waals surface area contributed by atoms with Crippen molar-refractivity contribution < 1.29 is 9.31 Å². The molecule has 0 aliphatic carbocycles. The van der Waals surface area contributed by atoms with Crippen LogP contribution in [0.2, 0.25) is 0 Å². The number of halogens is 1. The van der Waals surface area contributed by atoms with Crippen LogP contribution in [-0.2, 0) is 0 Å². The van der Waals surface area contributed by atoms with Gasteiger partial charge in [0.2, 0.25) is 0 Å². The van der Waals surface area contributed by atoms with Crippen molar-refractivity contribution in [1.29, 1.82) is 0 Å². The molecule has 1 aromatic carbocycles. The summed E-state index contributed by atoms with van der Waals surface area (Å²) in [5.41, 5.74) is 1.23. The molecule has 0 atom stereocenters. The molecule has 0 aliphatic heterocycles. The molecule has 16 heavy (non-hydrogen) atoms. The quantitative estimate of drug-likeness (QED) is 0.575. The Bertz CT molecular complexity index is 509. The van der Waals surface area contributed by atoms with E-state index in [4.69, 9.17) is 0 Å². The summed E-state index contributed by atoms with van der Waals surface area (Å²) in [6, 6.07) is 8.68. The van der Waals surface area contributed by atoms with Gasteiger partial charge in [-0.3, -0.25) is 10.1 Å². The van der Waals surface area contributed by atoms with Gasteiger partial charge in [0.05, 0.1) is 10.6 Å². The van der Waals surface area contributed by atoms with E-state index in [1.165, 1.54) is 30.5 Å². The van der Waals surface area contributed by atoms with Crippen LogP contribution in [0.1, 0.15) is 0 Å². The number of aromatic nitrogens is 1. The third-order valence-corrected chi connectivity index (χ3v) is 2.10. The van der Waals surface area contributed by atoms with Crippen molar-refractivity contribution in [3.63, 3.8) is 0 Å². The van der Waals surface area contributed by atoms with Crippen LogP contribution in [0.25, 0.3) is 11.3 Å². The second-order valence-corrected chi connectivity index (χ2v) is 3.17. The van der Waals surface area contributed by atoms with Crippen molar-refractivity contribution in [1.82, 2.24) is 4.98 Å². The molecule has 4 nitrogen and oxygen atoms in total. The Labute approximate surface area is 90.5 Å². The molecule has 0 saturated carbocycles. The fourth-order valence-corrected chi connectivity index (χ4v) is 1.29. The molecule has 0 fully saturated rings. The van der Waals surface area contributed by atoms with Crippen molar-refractivity contribution in [3.8, 4) is 11.3 Å². The summed E-state index contributed by atoms with van der Waals surface area (Å²) in [6.45, 7) is 0. The van der Waals surface area contributed by atoms with E-state index in [-0.39, 0.29) is 11.5 Å². The molecule has 0 bridgehead atoms. The van der Waals surface area contributed by atoms with Gasteiger partial charge in [-0.15, -0.1) is 0 Å². The summed E-state index contributed by atoms with van der Waals surface area (Å²) >= 11 is 0. The molecule has 2 rings (SSSR count). The zero-order valence-electron chi connectivity index (χ0n) is 8.13. The van der Waals surface area contributed by atoms with Crippen molar-refractivity contribution >= 4 is 5.69 Å². The minimum atomic E-state index is -0.512. The monoisotopic (exact) mass is 218 g/mol. The normalized spacial score (nSPS) is 10.1. The van der Waals surface area contributed by atoms with Crippen LogP contribution in [0, 0.1) is 15.9 Å². The second kappa shape index (κ2) is 4.06. The van der Waals surface area contributed by atoms with E-state index in [1.54, 1.807) is 12.1 Å². The molecule has 0 saturated heterocycles. The Kier molecular flexibility index (Phi) is 2.59. The molecule has 1 heterocycles. The van der Waals surface area contributed by atoms with Crippen LogP contribution in [0.3, 0.4) is 0 Å². The van der Waals surface area contributed by atoms with E-state index in [2.05, 4.69) is 4.98 Å². The first-order chi connectivity index (χ1) is 7.66. The molecule has 80 valence electrons. The van der Waals surface area contributed by atoms with Crippen molar-refractivity contribution in [2.75, 3.05) is 0 Å². The second-order valence-electron chi connectivity index (χ2n) is 3.17. The molecule has 1 aromatic heterocycles. The van der Waals surface area contributed by atoms with Gasteiger partial charge in [0.25, 0.3) is 5.69 Å². The number of benzene rings is 1. The van der Waals surface area contributed by atoms with Crippen molar-refractivity contribution in [2.45, 2.75) is 0 Å². The maximum absolute atomic E-state index is 12.7. The Balaban J connectivity index is 2.34. The van der Waals surface area contributed by atoms with Gasteiger partial charge in [-0.2, -0.15) is 0 Å². The highest BCUT2D eigenvalue weighted by atomic mass is 19.1. The predicted octanol–water partition coefficient (Wildman–Crippen LogP) is 2.80. The molecule has 0 aliphatic rings. The first-order valence-electron chi connectivity index (χ1n) is 4.53. The Hall–Kier alpha value is -2.30. The molecule has 0 amide bonds. The average molecular weight is 218 g/mol. The highest BCUT2D eigenvalue weighted by Crippen LogP contribution is 2.19. The van der Waals surface area contributed by atoms with Gasteiger partial charge in [-0.05, 0) is 30.3 Å². The summed E-state index contributed by atoms with van der Waals surface area (Å²) < 4.78 is 12.7. The Morgan fingerprint density at radius 2 is 1.81 bits per heavy atom. The zero-order valence-corrected chi connectivity index (χ0v) is 8.13. The van der Waals surface area contributed by atoms with E-state index in [9.17, 15) is 14.5 Å². The first-order valence-corrected chi connectivity index (χ1v) is 4.53. The van der Waals surface area contributed by atoms with Crippen molar-refractivity contribution in [2.24, 2.45) is 0 Å². The van der Waals surface area contributed by atoms with Crippen LogP contribution >= 0.6 is 0 Å². The lowest BCUT2D eigenvalue weighted by molar-refractivity contribution is -0.385. The number of hydrogen-bond donors (Lipinski definition) is 0. The van der Waals surface area contributed by atoms with Crippen LogP contribution < -0.4 is 0 Å². The maximum atomic E-state index is 12.7. The Morgan fingerprint density at radius 3 is 2.31 bits per heavy atom. The minimum Gasteiger partial charge on any atom is -0.258 e. The number of pyridine rings is 1. The first kappa shape index (κ1) is 10.2. The van der Waals surface area contributed by atoms with Gasteiger partial charge in [0.15, 0.2) is 0 Å². The van der Waals surface area contributed by atoms with E-state index < -0.39 is 4.92 Å². The fraction of sp³-hybridized carbons (Fsp3) is 0. The zero-order chi connectivity index (χ0) is 11.5. The highest BCUT2D eigenvalue weighted by Gasteiger charge is 2.06. The van der Waals surface area contributed by atoms with Gasteiger partial charge in [-0.25, -0.2) is 9.37 Å². The third-order valence-electron chi connectivity index (χ3n) is 2.10. The lowest BCUT2D eigenvalue weighted by atomic mass is 10.1. The smallest absolute Gasteiger partial charge is 0.258 e. The van der Waals surface area contributed by atoms with Crippen LogP contribution in [0.5, 0.6) is 0 Å². The number of nitrogens with zero attached hydrogens (tertiary/aromatic N) is 2. The molecule has 0 spiro atoms. The standard InChI is InChI=1S/C11H7FN2O2/c12-9-3-1-8(2-4-9)11-6-5-10(7-13-11)14(15)16/h1-7H. The van der Waals surface area contributed by atoms with Gasteiger partial charge in [0, 0.05) is 11.6 Å². The number of nitro groups is 1. The molecule has 5 heteroatoms. The van der Waals surface area contributed by atoms with Gasteiger partial charge >= 0.3 is 0 Å². The summed E-state index contributed by atoms with van der Waals surface area (Å²) in [7, 11) is 0. The van der Waals surface area contributed by atoms with Crippen LogP contribution in [0.4, 0.5) is 10.1 Å². The van der Waals surface area contributed by atoms with E-state index >= 15 is 0 Å². The average Bonchev–Trinajstić information content (AvgIpc) is 2.30. The minimum absolute atomic E-state index is 0.0640. The molecule has 0 N–H and O–H groups in total. The summed E-state index contributed by atoms with van der Waals surface area (Å²) in [4.78, 5) is 13.8. The topological polar surface area (TPSA) is 56.0 Å². The third kappa shape index (κ3) is 2.03. The Morgan fingerprint density at radius 1 is 1.12 bits per heavy atom. The van der Waals surface area contributed by atoms with E-state index in [0.29, 0.717) is 5.69 Å². The van der Waals surface area contributed by atoms with Gasteiger partial charge in [0.1, 0.15) is 12.0 Å². The molecule has 0 radical (unpaired) electrons. The van der Waals surface area contributed by atoms with Crippen LogP contribution in [-0.4, -0.2) is 9.91 Å². The van der Waals surface area contributed by atoms with E-state index in [0.717, 1.165) is 5.56 Å². The van der Waals surface area contributed by atoms with Crippen molar-refractivity contribution in [3.05, 3.63) is 58.5 Å². The predicted molar refractivity (Wildman–Crippen MR) is 56.3 cm³/mol. The summed E-state index contributed by atoms with van der Waals surface area (Å²) in [5, 5.41) is 10.4. The maximum Gasteiger partial charge on any atom is 0.287 e. The summed E-state index contributed by atoms with van der Waals surface area (Å²) in [5.74, 6) is -0.328. The van der Waals surface area contributed by atoms with Gasteiger partial charge in [-0.1, -0.05) is 0 Å². The SMILES string of the molecule is O=[N+]([O-])c1ccc(-c2ccc(F)cc2)nc1. The summed E-state index contributed by atoms with van der Waals surface area (Å²) in [6.07, 6.45) is 1.18. The van der Waals surface area contributed by atoms with Crippen LogP contribution in [0.15, 0.2) is 42.6 Å². The number of hydrogen-bond acceptors (Lipinski definition) is 3. The van der Waals surface area contributed by atoms with Gasteiger partial charge < -0.3 is 0 Å². The lowest BCUT2D eigenvalue weighted by Crippen LogP contribution is -1.90. The fourth-order valence-electron chi connectivity index (χ4n) is 1.29. The lowest BCUT2D eigenvalue weighted by Gasteiger charge is -1.99. The molecular formula is C11H7FN2O2. The largest absolute Gasteiger partial charge is 0.287 e.